The first-order chi connectivity index (χ1) is 1.89. The first-order valence-electron chi connectivity index (χ1n) is 0.979. The van der Waals surface area contributed by atoms with E-state index in [4.69, 9.17) is 0 Å². The molecule has 0 aromatic rings. The van der Waals surface area contributed by atoms with E-state index in [1.54, 1.807) is 11.1 Å². The average Bonchev–Trinajstić information content (AvgIpc) is 1.75. The van der Waals surface area contributed by atoms with Crippen LogP contribution in [0.4, 0.5) is 0 Å². The van der Waals surface area contributed by atoms with Crippen LogP contribution < -0.4 is 0 Å². The maximum absolute atomic E-state index is 4.69. The van der Waals surface area contributed by atoms with Gasteiger partial charge in [-0.15, -0.1) is 0 Å². The Balaban J connectivity index is 2.17. The van der Waals surface area contributed by atoms with Gasteiger partial charge >= 0.3 is 0 Å². The second kappa shape index (κ2) is 0.808. The molecular weight excluding hydrogens is 92.1 g/mol. The van der Waals surface area contributed by atoms with Gasteiger partial charge in [-0.25, -0.2) is 3.63 Å². The van der Waals surface area contributed by atoms with E-state index in [1.807, 2.05) is 0 Å². The first-order valence-corrected chi connectivity index (χ1v) is 4.03. The van der Waals surface area contributed by atoms with Gasteiger partial charge < -0.3 is 0 Å². The second-order valence-electron chi connectivity index (χ2n) is 0.589. The molecule has 0 N–H and O–H groups in total. The van der Waals surface area contributed by atoms with Crippen molar-refractivity contribution in [2.75, 3.05) is 6.26 Å². The van der Waals surface area contributed by atoms with E-state index in [9.17, 15) is 0 Å². The quantitative estimate of drug-likeness (QED) is 0.210. The molecule has 0 amide bonds. The smallest absolute Gasteiger partial charge is 0.0792 e. The lowest BCUT2D eigenvalue weighted by molar-refractivity contribution is 0.819. The molecule has 0 radical (unpaired) electrons. The zero-order chi connectivity index (χ0) is 2.99. The zero-order valence-electron chi connectivity index (χ0n) is 2.26. The predicted octanol–water partition coefficient (Wildman–Crippen LogP) is 1.13. The van der Waals surface area contributed by atoms with Crippen molar-refractivity contribution >= 4 is 21.3 Å². The molecule has 1 fully saturated rings. The summed E-state index contributed by atoms with van der Waals surface area (Å²) in [6.07, 6.45) is 2.08. The van der Waals surface area contributed by atoms with Crippen LogP contribution >= 0.6 is 21.3 Å². The fourth-order valence-electron chi connectivity index (χ4n) is 0.0333. The van der Waals surface area contributed by atoms with Crippen LogP contribution in [-0.4, -0.2) is 6.26 Å². The summed E-state index contributed by atoms with van der Waals surface area (Å²) >= 11 is 1.59. The Morgan fingerprint density at radius 3 is 2.25 bits per heavy atom. The normalized spacial score (nSPS) is 48.8. The van der Waals surface area contributed by atoms with Crippen molar-refractivity contribution in [1.82, 2.24) is 0 Å². The molecule has 4 heavy (non-hydrogen) atoms. The molecule has 1 aliphatic rings. The number of thiol groups is 1. The summed E-state index contributed by atoms with van der Waals surface area (Å²) in [5.74, 6) is 0. The van der Waals surface area contributed by atoms with Gasteiger partial charge in [0.25, 0.3) is 0 Å². The molecule has 1 heterocycles. The van der Waals surface area contributed by atoms with Crippen molar-refractivity contribution in [3.63, 3.8) is 0 Å². The van der Waals surface area contributed by atoms with Gasteiger partial charge in [-0.1, -0.05) is 10.2 Å². The highest BCUT2D eigenvalue weighted by molar-refractivity contribution is 8.93. The fourth-order valence-corrected chi connectivity index (χ4v) is 0.900. The lowest BCUT2D eigenvalue weighted by Crippen LogP contribution is -1.22. The Kier molecular flexibility index (Phi) is 0.581. The van der Waals surface area contributed by atoms with E-state index in [0.717, 1.165) is 0 Å². The van der Waals surface area contributed by atoms with E-state index in [1.165, 1.54) is 0 Å². The van der Waals surface area contributed by atoms with Crippen LogP contribution in [-0.2, 0) is 3.63 Å². The average molecular weight is 96.2 g/mol. The van der Waals surface area contributed by atoms with Gasteiger partial charge in [-0.2, -0.15) is 0 Å². The van der Waals surface area contributed by atoms with Crippen molar-refractivity contribution < 1.29 is 3.63 Å². The number of hydrogen-bond donors (Lipinski definition) is 1. The summed E-state index contributed by atoms with van der Waals surface area (Å²) < 4.78 is 4.69. The Morgan fingerprint density at radius 2 is 2.25 bits per heavy atom. The Morgan fingerprint density at radius 1 is 2.00 bits per heavy atom. The van der Waals surface area contributed by atoms with E-state index in [-0.39, 0.29) is 10.2 Å². The van der Waals surface area contributed by atoms with Gasteiger partial charge in [-0.3, -0.25) is 0 Å². The van der Waals surface area contributed by atoms with Crippen LogP contribution in [0.3, 0.4) is 0 Å². The van der Waals surface area contributed by atoms with Crippen molar-refractivity contribution in [1.29, 1.82) is 0 Å². The summed E-state index contributed by atoms with van der Waals surface area (Å²) in [7, 11) is 0.0463. The third-order valence-corrected chi connectivity index (χ3v) is 2.01. The second-order valence-corrected chi connectivity index (χ2v) is 4.20. The summed E-state index contributed by atoms with van der Waals surface area (Å²) in [4.78, 5) is 0. The Hall–Kier alpha value is 0.660. The summed E-state index contributed by atoms with van der Waals surface area (Å²) in [5, 5.41) is 0. The molecular formula is CH4OS2. The topological polar surface area (TPSA) is 12.5 Å². The highest BCUT2D eigenvalue weighted by Gasteiger charge is 2.11. The van der Waals surface area contributed by atoms with Crippen molar-refractivity contribution in [3.05, 3.63) is 0 Å². The van der Waals surface area contributed by atoms with Crippen molar-refractivity contribution in [3.8, 4) is 0 Å². The molecule has 1 rings (SSSR count). The molecule has 1 atom stereocenters. The lowest BCUT2D eigenvalue weighted by Gasteiger charge is -1.54. The molecule has 3 heteroatoms. The summed E-state index contributed by atoms with van der Waals surface area (Å²) in [6.45, 7) is 0. The van der Waals surface area contributed by atoms with Crippen LogP contribution in [0.1, 0.15) is 0 Å². The molecule has 1 aliphatic heterocycles. The molecule has 0 spiro atoms. The SMILES string of the molecule is C[SH]1OS1. The zero-order valence-corrected chi connectivity index (χ0v) is 3.97. The molecule has 0 saturated carbocycles. The van der Waals surface area contributed by atoms with Crippen molar-refractivity contribution in [2.24, 2.45) is 0 Å². The number of rotatable bonds is 0. The van der Waals surface area contributed by atoms with Crippen LogP contribution in [0.25, 0.3) is 0 Å². The minimum Gasteiger partial charge on any atom is -0.249 e. The van der Waals surface area contributed by atoms with E-state index in [0.29, 0.717) is 0 Å². The minimum absolute atomic E-state index is 0.0463. The first kappa shape index (κ1) is 2.87. The molecule has 0 aliphatic carbocycles. The van der Waals surface area contributed by atoms with Crippen LogP contribution in [0.15, 0.2) is 0 Å². The maximum Gasteiger partial charge on any atom is 0.0792 e. The summed E-state index contributed by atoms with van der Waals surface area (Å²) in [5.41, 5.74) is 0. The van der Waals surface area contributed by atoms with Crippen LogP contribution in [0.2, 0.25) is 0 Å². The minimum atomic E-state index is 0.0463. The third kappa shape index (κ3) is 0.547. The molecule has 1 nitrogen and oxygen atoms in total. The van der Waals surface area contributed by atoms with E-state index in [2.05, 4.69) is 9.89 Å². The molecule has 1 saturated heterocycles. The highest BCUT2D eigenvalue weighted by Crippen LogP contribution is 2.59. The van der Waals surface area contributed by atoms with Gasteiger partial charge in [0.1, 0.15) is 0 Å². The Bertz CT molecular complexity index is 25.2. The molecule has 0 aromatic carbocycles. The van der Waals surface area contributed by atoms with Crippen LogP contribution in [0.5, 0.6) is 0 Å². The van der Waals surface area contributed by atoms with Gasteiger partial charge in [-0.05, 0) is 6.26 Å². The number of hydrogen-bond acceptors (Lipinski definition) is 2. The van der Waals surface area contributed by atoms with Crippen molar-refractivity contribution in [2.45, 2.75) is 0 Å². The van der Waals surface area contributed by atoms with Gasteiger partial charge in [0.2, 0.25) is 0 Å². The Labute approximate surface area is 31.9 Å². The third-order valence-electron chi connectivity index (χ3n) is 0.224. The van der Waals surface area contributed by atoms with E-state index < -0.39 is 0 Å². The van der Waals surface area contributed by atoms with E-state index >= 15 is 0 Å². The fraction of sp³-hybridized carbons (Fsp3) is 1.00. The van der Waals surface area contributed by atoms with Gasteiger partial charge in [0, 0.05) is 0 Å². The molecule has 0 bridgehead atoms. The molecule has 1 unspecified atom stereocenters. The predicted molar refractivity (Wildman–Crippen MR) is 23.6 cm³/mol. The maximum atomic E-state index is 4.69. The van der Waals surface area contributed by atoms with Gasteiger partial charge in [0.05, 0.1) is 11.1 Å². The van der Waals surface area contributed by atoms with Crippen LogP contribution in [0, 0.1) is 0 Å². The molecule has 26 valence electrons. The van der Waals surface area contributed by atoms with Gasteiger partial charge in [0.15, 0.2) is 0 Å². The lowest BCUT2D eigenvalue weighted by atomic mass is 12.0. The standard InChI is InChI=1S/CH4OS2/c1-4-2-3-4/h4H,1H3. The highest BCUT2D eigenvalue weighted by atomic mass is 33.2. The summed E-state index contributed by atoms with van der Waals surface area (Å²) in [6, 6.07) is 0. The largest absolute Gasteiger partial charge is 0.249 e. The molecule has 0 aromatic heterocycles. The monoisotopic (exact) mass is 96.0 g/mol.